The molecule has 0 saturated heterocycles. The predicted molar refractivity (Wildman–Crippen MR) is 100 cm³/mol. The molecule has 0 radical (unpaired) electrons. The van der Waals surface area contributed by atoms with Gasteiger partial charge in [0.15, 0.2) is 0 Å². The second-order valence-electron chi connectivity index (χ2n) is 7.04. The summed E-state index contributed by atoms with van der Waals surface area (Å²) in [6, 6.07) is 5.28. The molecule has 27 heavy (non-hydrogen) atoms. The third-order valence-electron chi connectivity index (χ3n) is 4.45. The van der Waals surface area contributed by atoms with E-state index in [1.807, 2.05) is 26.8 Å². The van der Waals surface area contributed by atoms with Gasteiger partial charge in [-0.25, -0.2) is 13.9 Å². The summed E-state index contributed by atoms with van der Waals surface area (Å²) in [6.07, 6.45) is 0.739. The number of halogens is 1. The molecule has 0 spiro atoms. The highest BCUT2D eigenvalue weighted by Gasteiger charge is 2.31. The van der Waals surface area contributed by atoms with Crippen molar-refractivity contribution in [2.24, 2.45) is 0 Å². The van der Waals surface area contributed by atoms with Gasteiger partial charge in [0.1, 0.15) is 17.1 Å². The van der Waals surface area contributed by atoms with E-state index in [9.17, 15) is 9.18 Å². The van der Waals surface area contributed by atoms with Gasteiger partial charge >= 0.3 is 5.97 Å². The molecule has 7 heteroatoms. The Balaban J connectivity index is 2.02. The number of rotatable bonds is 6. The molecule has 0 amide bonds. The number of carbonyl (C=O) groups excluding carboxylic acids is 1. The molecule has 2 aromatic rings. The topological polar surface area (TPSA) is 65.4 Å². The summed E-state index contributed by atoms with van der Waals surface area (Å²) in [7, 11) is 0. The zero-order valence-corrected chi connectivity index (χ0v) is 16.2. The first kappa shape index (κ1) is 19.4. The van der Waals surface area contributed by atoms with Crippen LogP contribution in [-0.2, 0) is 17.8 Å². The maximum atomic E-state index is 14.9. The summed E-state index contributed by atoms with van der Waals surface area (Å²) in [5, 5.41) is 7.72. The third-order valence-corrected chi connectivity index (χ3v) is 4.45. The van der Waals surface area contributed by atoms with Crippen LogP contribution in [0.3, 0.4) is 0 Å². The van der Waals surface area contributed by atoms with E-state index in [1.165, 1.54) is 6.07 Å². The van der Waals surface area contributed by atoms with Crippen molar-refractivity contribution in [2.45, 2.75) is 59.4 Å². The molecule has 2 heterocycles. The van der Waals surface area contributed by atoms with E-state index in [1.54, 1.807) is 17.7 Å². The summed E-state index contributed by atoms with van der Waals surface area (Å²) in [5.74, 6) is -0.618. The second kappa shape index (κ2) is 8.08. The number of ether oxygens (including phenoxy) is 2. The van der Waals surface area contributed by atoms with Gasteiger partial charge < -0.3 is 14.8 Å². The standard InChI is InChI=1S/C20H26FN3O3/c1-5-26-20(25)17-18(23-24-9-8-13(4)27-19(17)24)15-7-6-14(10-16(15)21)11-22-12(2)3/h6-7,10,12-13,22H,5,8-9,11H2,1-4H3/t13-/m1/s1. The lowest BCUT2D eigenvalue weighted by atomic mass is 10.0. The SMILES string of the molecule is CCOC(=O)c1c(-c2ccc(CNC(C)C)cc2F)nn2c1O[C@H](C)CC2. The molecule has 0 unspecified atom stereocenters. The molecule has 1 atom stereocenters. The Morgan fingerprint density at radius 2 is 2.26 bits per heavy atom. The Bertz CT molecular complexity index is 832. The fourth-order valence-electron chi connectivity index (χ4n) is 3.03. The number of aromatic nitrogens is 2. The number of benzene rings is 1. The van der Waals surface area contributed by atoms with Gasteiger partial charge in [0.2, 0.25) is 5.88 Å². The van der Waals surface area contributed by atoms with Crippen LogP contribution in [0.25, 0.3) is 11.3 Å². The van der Waals surface area contributed by atoms with E-state index < -0.39 is 11.8 Å². The molecule has 1 aliphatic rings. The summed E-state index contributed by atoms with van der Waals surface area (Å²) in [5.41, 5.74) is 1.55. The molecule has 146 valence electrons. The van der Waals surface area contributed by atoms with E-state index in [-0.39, 0.29) is 29.5 Å². The Labute approximate surface area is 158 Å². The van der Waals surface area contributed by atoms with Gasteiger partial charge in [0.25, 0.3) is 0 Å². The molecule has 3 rings (SSSR count). The van der Waals surface area contributed by atoms with Gasteiger partial charge in [-0.3, -0.25) is 0 Å². The first-order valence-electron chi connectivity index (χ1n) is 9.37. The number of hydrogen-bond acceptors (Lipinski definition) is 5. The number of esters is 1. The van der Waals surface area contributed by atoms with E-state index >= 15 is 0 Å². The molecule has 1 aliphatic heterocycles. The van der Waals surface area contributed by atoms with Crippen LogP contribution in [0, 0.1) is 5.82 Å². The molecule has 1 aromatic heterocycles. The zero-order chi connectivity index (χ0) is 19.6. The molecule has 1 N–H and O–H groups in total. The fourth-order valence-corrected chi connectivity index (χ4v) is 3.03. The van der Waals surface area contributed by atoms with Gasteiger partial charge in [0.05, 0.1) is 12.7 Å². The molecule has 6 nitrogen and oxygen atoms in total. The van der Waals surface area contributed by atoms with Crippen molar-refractivity contribution in [3.05, 3.63) is 35.1 Å². The van der Waals surface area contributed by atoms with Crippen molar-refractivity contribution in [3.63, 3.8) is 0 Å². The lowest BCUT2D eigenvalue weighted by molar-refractivity contribution is 0.0515. The summed E-state index contributed by atoms with van der Waals surface area (Å²) >= 11 is 0. The van der Waals surface area contributed by atoms with Crippen LogP contribution < -0.4 is 10.1 Å². The van der Waals surface area contributed by atoms with Crippen LogP contribution in [0.5, 0.6) is 5.88 Å². The van der Waals surface area contributed by atoms with Crippen molar-refractivity contribution >= 4 is 5.97 Å². The van der Waals surface area contributed by atoms with Crippen molar-refractivity contribution in [3.8, 4) is 17.1 Å². The maximum absolute atomic E-state index is 14.9. The number of nitrogens with one attached hydrogen (secondary N) is 1. The minimum Gasteiger partial charge on any atom is -0.474 e. The highest BCUT2D eigenvalue weighted by molar-refractivity contribution is 5.99. The number of fused-ring (bicyclic) bond motifs is 1. The Morgan fingerprint density at radius 1 is 1.48 bits per heavy atom. The maximum Gasteiger partial charge on any atom is 0.345 e. The fraction of sp³-hybridized carbons (Fsp3) is 0.500. The second-order valence-corrected chi connectivity index (χ2v) is 7.04. The van der Waals surface area contributed by atoms with Crippen LogP contribution in [0.1, 0.15) is 50.0 Å². The van der Waals surface area contributed by atoms with E-state index in [0.29, 0.717) is 25.0 Å². The minimum atomic E-state index is -0.548. The molecular weight excluding hydrogens is 349 g/mol. The Hall–Kier alpha value is -2.41. The summed E-state index contributed by atoms with van der Waals surface area (Å²) in [6.45, 7) is 9.14. The quantitative estimate of drug-likeness (QED) is 0.783. The van der Waals surface area contributed by atoms with Crippen LogP contribution in [0.2, 0.25) is 0 Å². The van der Waals surface area contributed by atoms with E-state index in [0.717, 1.165) is 12.0 Å². The van der Waals surface area contributed by atoms with Gasteiger partial charge in [-0.15, -0.1) is 0 Å². The lowest BCUT2D eigenvalue weighted by Gasteiger charge is -2.21. The highest BCUT2D eigenvalue weighted by atomic mass is 19.1. The summed E-state index contributed by atoms with van der Waals surface area (Å²) in [4.78, 5) is 12.5. The molecule has 0 bridgehead atoms. The van der Waals surface area contributed by atoms with Crippen LogP contribution in [0.4, 0.5) is 4.39 Å². The van der Waals surface area contributed by atoms with E-state index in [2.05, 4.69) is 10.4 Å². The van der Waals surface area contributed by atoms with Gasteiger partial charge in [-0.1, -0.05) is 19.9 Å². The lowest BCUT2D eigenvalue weighted by Crippen LogP contribution is -2.24. The average Bonchev–Trinajstić information content (AvgIpc) is 2.98. The molecule has 0 aliphatic carbocycles. The third kappa shape index (κ3) is 4.13. The average molecular weight is 375 g/mol. The summed E-state index contributed by atoms with van der Waals surface area (Å²) < 4.78 is 27.5. The van der Waals surface area contributed by atoms with Crippen LogP contribution in [-0.4, -0.2) is 34.5 Å². The minimum absolute atomic E-state index is 0.0374. The zero-order valence-electron chi connectivity index (χ0n) is 16.2. The highest BCUT2D eigenvalue weighted by Crippen LogP contribution is 2.35. The van der Waals surface area contributed by atoms with Crippen molar-refractivity contribution < 1.29 is 18.7 Å². The van der Waals surface area contributed by atoms with Gasteiger partial charge in [-0.2, -0.15) is 5.10 Å². The van der Waals surface area contributed by atoms with Crippen molar-refractivity contribution in [1.82, 2.24) is 15.1 Å². The van der Waals surface area contributed by atoms with Gasteiger partial charge in [0, 0.05) is 31.1 Å². The Kier molecular flexibility index (Phi) is 5.79. The molecule has 0 saturated carbocycles. The normalized spacial score (nSPS) is 16.1. The molecule has 1 aromatic carbocycles. The monoisotopic (exact) mass is 375 g/mol. The number of aryl methyl sites for hydroxylation is 1. The largest absolute Gasteiger partial charge is 0.474 e. The van der Waals surface area contributed by atoms with Crippen molar-refractivity contribution in [1.29, 1.82) is 0 Å². The molecular formula is C20H26FN3O3. The van der Waals surface area contributed by atoms with E-state index in [4.69, 9.17) is 9.47 Å². The van der Waals surface area contributed by atoms with Crippen molar-refractivity contribution in [2.75, 3.05) is 6.61 Å². The molecule has 0 fully saturated rings. The van der Waals surface area contributed by atoms with Crippen LogP contribution >= 0.6 is 0 Å². The number of hydrogen-bond donors (Lipinski definition) is 1. The number of nitrogens with zero attached hydrogens (tertiary/aromatic N) is 2. The first-order valence-corrected chi connectivity index (χ1v) is 9.37. The van der Waals surface area contributed by atoms with Crippen LogP contribution in [0.15, 0.2) is 18.2 Å². The van der Waals surface area contributed by atoms with Gasteiger partial charge in [-0.05, 0) is 31.5 Å². The Morgan fingerprint density at radius 3 is 2.93 bits per heavy atom. The smallest absolute Gasteiger partial charge is 0.345 e. The first-order chi connectivity index (χ1) is 12.9. The number of carbonyl (C=O) groups is 1. The predicted octanol–water partition coefficient (Wildman–Crippen LogP) is 3.53.